The summed E-state index contributed by atoms with van der Waals surface area (Å²) in [6.45, 7) is 1.13. The van der Waals surface area contributed by atoms with Gasteiger partial charge in [-0.05, 0) is 36.4 Å². The van der Waals surface area contributed by atoms with Gasteiger partial charge in [0.2, 0.25) is 5.91 Å². The van der Waals surface area contributed by atoms with Crippen molar-refractivity contribution in [2.45, 2.75) is 38.4 Å². The monoisotopic (exact) mass is 304 g/mol. The first-order chi connectivity index (χ1) is 10.2. The van der Waals surface area contributed by atoms with E-state index < -0.39 is 0 Å². The molecule has 1 fully saturated rings. The molecule has 0 radical (unpaired) electrons. The maximum Gasteiger partial charge on any atom is 0.227 e. The van der Waals surface area contributed by atoms with Crippen LogP contribution in [-0.4, -0.2) is 16.8 Å². The molecule has 21 heavy (non-hydrogen) atoms. The van der Waals surface area contributed by atoms with E-state index in [4.69, 9.17) is 10.2 Å². The van der Waals surface area contributed by atoms with Crippen molar-refractivity contribution >= 4 is 17.2 Å². The van der Waals surface area contributed by atoms with Crippen molar-refractivity contribution in [3.05, 3.63) is 46.5 Å². The fourth-order valence-electron chi connectivity index (χ4n) is 2.92. The molecule has 1 amide bonds. The smallest absolute Gasteiger partial charge is 0.227 e. The lowest BCUT2D eigenvalue weighted by Gasteiger charge is -2.26. The van der Waals surface area contributed by atoms with Gasteiger partial charge in [0.15, 0.2) is 0 Å². The van der Waals surface area contributed by atoms with Crippen molar-refractivity contribution in [1.82, 2.24) is 4.90 Å². The molecule has 2 aromatic rings. The Balaban J connectivity index is 1.75. The third kappa shape index (κ3) is 3.36. The Morgan fingerprint density at radius 3 is 2.86 bits per heavy atom. The van der Waals surface area contributed by atoms with Gasteiger partial charge in [-0.3, -0.25) is 4.79 Å². The molecule has 2 aromatic heterocycles. The summed E-state index contributed by atoms with van der Waals surface area (Å²) in [5, 5.41) is 2.03. The second kappa shape index (κ2) is 6.45. The van der Waals surface area contributed by atoms with E-state index >= 15 is 0 Å². The molecular weight excluding hydrogens is 284 g/mol. The largest absolute Gasteiger partial charge is 0.467 e. The maximum absolute atomic E-state index is 12.8. The molecule has 1 aliphatic carbocycles. The molecule has 5 heteroatoms. The standard InChI is InChI=1S/C16H20N2O2S/c17-15-7-1-6-14(15)16(19)18(10-12-4-2-8-20-12)11-13-5-3-9-21-13/h2-5,8-9,14-15H,1,6-7,10-11,17H2. The van der Waals surface area contributed by atoms with Crippen molar-refractivity contribution in [1.29, 1.82) is 0 Å². The van der Waals surface area contributed by atoms with Crippen LogP contribution in [0.4, 0.5) is 0 Å². The van der Waals surface area contributed by atoms with Crippen LogP contribution in [0, 0.1) is 5.92 Å². The van der Waals surface area contributed by atoms with Gasteiger partial charge in [0.1, 0.15) is 5.76 Å². The highest BCUT2D eigenvalue weighted by molar-refractivity contribution is 7.09. The molecule has 1 saturated carbocycles. The Bertz CT molecular complexity index is 529. The predicted molar refractivity (Wildman–Crippen MR) is 82.6 cm³/mol. The van der Waals surface area contributed by atoms with Crippen LogP contribution >= 0.6 is 11.3 Å². The number of nitrogens with two attached hydrogens (primary N) is 1. The van der Waals surface area contributed by atoms with Crippen LogP contribution in [0.25, 0.3) is 0 Å². The summed E-state index contributed by atoms with van der Waals surface area (Å²) in [5.74, 6) is 0.927. The second-order valence-electron chi connectivity index (χ2n) is 5.55. The van der Waals surface area contributed by atoms with Crippen molar-refractivity contribution in [2.24, 2.45) is 11.7 Å². The molecule has 1 aliphatic rings. The van der Waals surface area contributed by atoms with Crippen LogP contribution in [0.5, 0.6) is 0 Å². The minimum Gasteiger partial charge on any atom is -0.467 e. The average molecular weight is 304 g/mol. The van der Waals surface area contributed by atoms with Crippen molar-refractivity contribution in [3.8, 4) is 0 Å². The fourth-order valence-corrected chi connectivity index (χ4v) is 3.64. The summed E-state index contributed by atoms with van der Waals surface area (Å²) in [6.07, 6.45) is 4.54. The maximum atomic E-state index is 12.8. The van der Waals surface area contributed by atoms with Gasteiger partial charge >= 0.3 is 0 Å². The number of rotatable bonds is 5. The van der Waals surface area contributed by atoms with E-state index in [9.17, 15) is 4.79 Å². The fraction of sp³-hybridized carbons (Fsp3) is 0.438. The normalized spacial score (nSPS) is 21.6. The number of carbonyl (C=O) groups is 1. The predicted octanol–water partition coefficient (Wildman–Crippen LogP) is 3.00. The molecule has 0 bridgehead atoms. The molecule has 112 valence electrons. The molecule has 0 aliphatic heterocycles. The number of hydrogen-bond donors (Lipinski definition) is 1. The minimum atomic E-state index is -0.0417. The van der Waals surface area contributed by atoms with Gasteiger partial charge in [-0.25, -0.2) is 0 Å². The molecule has 0 aromatic carbocycles. The summed E-state index contributed by atoms with van der Waals surface area (Å²) in [7, 11) is 0. The molecule has 3 rings (SSSR count). The third-order valence-corrected chi connectivity index (χ3v) is 4.91. The topological polar surface area (TPSA) is 59.5 Å². The van der Waals surface area contributed by atoms with Crippen LogP contribution < -0.4 is 5.73 Å². The molecule has 2 N–H and O–H groups in total. The van der Waals surface area contributed by atoms with E-state index in [-0.39, 0.29) is 17.9 Å². The number of hydrogen-bond acceptors (Lipinski definition) is 4. The van der Waals surface area contributed by atoms with E-state index in [0.29, 0.717) is 13.1 Å². The van der Waals surface area contributed by atoms with Gasteiger partial charge in [0.05, 0.1) is 25.3 Å². The third-order valence-electron chi connectivity index (χ3n) is 4.05. The highest BCUT2D eigenvalue weighted by Gasteiger charge is 2.33. The average Bonchev–Trinajstić information content (AvgIpc) is 3.19. The molecule has 2 heterocycles. The van der Waals surface area contributed by atoms with Gasteiger partial charge < -0.3 is 15.1 Å². The Hall–Kier alpha value is -1.59. The summed E-state index contributed by atoms with van der Waals surface area (Å²) >= 11 is 1.67. The van der Waals surface area contributed by atoms with Crippen LogP contribution in [0.2, 0.25) is 0 Å². The van der Waals surface area contributed by atoms with Crippen molar-refractivity contribution in [3.63, 3.8) is 0 Å². The van der Waals surface area contributed by atoms with E-state index in [1.807, 2.05) is 28.5 Å². The lowest BCUT2D eigenvalue weighted by molar-refractivity contribution is -0.137. The zero-order chi connectivity index (χ0) is 14.7. The van der Waals surface area contributed by atoms with Gasteiger partial charge in [-0.15, -0.1) is 11.3 Å². The van der Waals surface area contributed by atoms with E-state index in [0.717, 1.165) is 25.0 Å². The van der Waals surface area contributed by atoms with Crippen LogP contribution in [-0.2, 0) is 17.9 Å². The Kier molecular flexibility index (Phi) is 4.41. The Morgan fingerprint density at radius 1 is 1.33 bits per heavy atom. The first kappa shape index (κ1) is 14.4. The highest BCUT2D eigenvalue weighted by atomic mass is 32.1. The minimum absolute atomic E-state index is 0.0000586. The first-order valence-corrected chi connectivity index (χ1v) is 8.21. The summed E-state index contributed by atoms with van der Waals surface area (Å²) in [6, 6.07) is 7.83. The SMILES string of the molecule is NC1CCCC1C(=O)N(Cc1ccco1)Cc1cccs1. The molecule has 0 spiro atoms. The molecule has 2 unspecified atom stereocenters. The van der Waals surface area contributed by atoms with Crippen molar-refractivity contribution in [2.75, 3.05) is 0 Å². The summed E-state index contributed by atoms with van der Waals surface area (Å²) in [5.41, 5.74) is 6.10. The van der Waals surface area contributed by atoms with Crippen LogP contribution in [0.15, 0.2) is 40.3 Å². The zero-order valence-electron chi connectivity index (χ0n) is 11.9. The lowest BCUT2D eigenvalue weighted by atomic mass is 10.0. The van der Waals surface area contributed by atoms with Crippen LogP contribution in [0.3, 0.4) is 0 Å². The number of amides is 1. The van der Waals surface area contributed by atoms with Gasteiger partial charge in [0, 0.05) is 10.9 Å². The zero-order valence-corrected chi connectivity index (χ0v) is 12.7. The highest BCUT2D eigenvalue weighted by Crippen LogP contribution is 2.27. The van der Waals surface area contributed by atoms with E-state index in [2.05, 4.69) is 6.07 Å². The van der Waals surface area contributed by atoms with Gasteiger partial charge in [-0.1, -0.05) is 12.5 Å². The van der Waals surface area contributed by atoms with Crippen molar-refractivity contribution < 1.29 is 9.21 Å². The van der Waals surface area contributed by atoms with Crippen LogP contribution in [0.1, 0.15) is 29.9 Å². The Morgan fingerprint density at radius 2 is 2.24 bits per heavy atom. The number of carbonyl (C=O) groups excluding carboxylic acids is 1. The summed E-state index contributed by atoms with van der Waals surface area (Å²) in [4.78, 5) is 15.9. The molecule has 4 nitrogen and oxygen atoms in total. The Labute approximate surface area is 128 Å². The second-order valence-corrected chi connectivity index (χ2v) is 6.59. The lowest BCUT2D eigenvalue weighted by Crippen LogP contribution is -2.40. The number of furan rings is 1. The number of thiophene rings is 1. The molecule has 0 saturated heterocycles. The summed E-state index contributed by atoms with van der Waals surface area (Å²) < 4.78 is 5.40. The molecular formula is C16H20N2O2S. The van der Waals surface area contributed by atoms with Gasteiger partial charge in [0.25, 0.3) is 0 Å². The van der Waals surface area contributed by atoms with E-state index in [1.165, 1.54) is 4.88 Å². The first-order valence-electron chi connectivity index (χ1n) is 7.33. The van der Waals surface area contributed by atoms with Gasteiger partial charge in [-0.2, -0.15) is 0 Å². The number of nitrogens with zero attached hydrogens (tertiary/aromatic N) is 1. The quantitative estimate of drug-likeness (QED) is 0.923. The molecule has 2 atom stereocenters. The van der Waals surface area contributed by atoms with E-state index in [1.54, 1.807) is 17.6 Å².